The van der Waals surface area contributed by atoms with Gasteiger partial charge in [0.1, 0.15) is 0 Å². The standard InChI is InChI=1S/C54H107NO5/c1-3-5-7-9-11-13-15-17-18-19-20-21-24-28-32-36-40-44-48-54(59)60-49-45-41-37-33-29-25-22-23-27-31-35-39-43-47-53(58)55-51(50-56)52(57)46-42-38-34-30-26-16-14-12-10-8-6-4-2/h51-52,56-57H,3-50H2,1-2H3,(H,55,58). The monoisotopic (exact) mass is 850 g/mol. The van der Waals surface area contributed by atoms with Gasteiger partial charge in [-0.3, -0.25) is 9.59 Å². The van der Waals surface area contributed by atoms with E-state index in [0.29, 0.717) is 25.9 Å². The molecule has 0 spiro atoms. The molecule has 2 unspecified atom stereocenters. The molecule has 0 aromatic carbocycles. The van der Waals surface area contributed by atoms with Crippen molar-refractivity contribution < 1.29 is 24.5 Å². The minimum Gasteiger partial charge on any atom is -0.466 e. The predicted octanol–water partition coefficient (Wildman–Crippen LogP) is 16.4. The summed E-state index contributed by atoms with van der Waals surface area (Å²) in [6, 6.07) is -0.548. The van der Waals surface area contributed by atoms with Gasteiger partial charge in [-0.25, -0.2) is 0 Å². The van der Waals surface area contributed by atoms with Crippen LogP contribution in [-0.2, 0) is 14.3 Å². The second-order valence-electron chi connectivity index (χ2n) is 18.9. The van der Waals surface area contributed by atoms with Gasteiger partial charge in [0.05, 0.1) is 25.4 Å². The first-order chi connectivity index (χ1) is 29.5. The summed E-state index contributed by atoms with van der Waals surface area (Å²) in [5.41, 5.74) is 0. The molecule has 2 atom stereocenters. The van der Waals surface area contributed by atoms with Crippen molar-refractivity contribution in [1.82, 2.24) is 5.32 Å². The van der Waals surface area contributed by atoms with E-state index in [1.165, 1.54) is 225 Å². The molecular formula is C54H107NO5. The molecule has 0 bridgehead atoms. The summed E-state index contributed by atoms with van der Waals surface area (Å²) in [4.78, 5) is 24.5. The Bertz CT molecular complexity index is 852. The van der Waals surface area contributed by atoms with Crippen molar-refractivity contribution in [3.05, 3.63) is 0 Å². The maximum Gasteiger partial charge on any atom is 0.305 e. The fourth-order valence-electron chi connectivity index (χ4n) is 8.70. The maximum absolute atomic E-state index is 12.4. The summed E-state index contributed by atoms with van der Waals surface area (Å²) in [5, 5.41) is 23.2. The van der Waals surface area contributed by atoms with Crippen LogP contribution in [-0.4, -0.2) is 47.4 Å². The zero-order valence-corrected chi connectivity index (χ0v) is 40.7. The number of carbonyl (C=O) groups excluding carboxylic acids is 2. The van der Waals surface area contributed by atoms with Crippen LogP contribution >= 0.6 is 0 Å². The highest BCUT2D eigenvalue weighted by Gasteiger charge is 2.20. The third-order valence-corrected chi connectivity index (χ3v) is 12.9. The summed E-state index contributed by atoms with van der Waals surface area (Å²) < 4.78 is 5.48. The van der Waals surface area contributed by atoms with E-state index in [-0.39, 0.29) is 18.5 Å². The van der Waals surface area contributed by atoms with E-state index in [1.807, 2.05) is 0 Å². The zero-order chi connectivity index (χ0) is 43.7. The molecule has 3 N–H and O–H groups in total. The Kier molecular flexibility index (Phi) is 49.5. The largest absolute Gasteiger partial charge is 0.466 e. The van der Waals surface area contributed by atoms with E-state index >= 15 is 0 Å². The molecule has 6 nitrogen and oxygen atoms in total. The number of carbonyl (C=O) groups is 2. The first-order valence-corrected chi connectivity index (χ1v) is 27.3. The van der Waals surface area contributed by atoms with Gasteiger partial charge in [0.2, 0.25) is 5.91 Å². The van der Waals surface area contributed by atoms with Crippen molar-refractivity contribution in [2.24, 2.45) is 0 Å². The van der Waals surface area contributed by atoms with Crippen LogP contribution in [0, 0.1) is 0 Å². The molecule has 0 saturated heterocycles. The number of ether oxygens (including phenoxy) is 1. The molecule has 0 aliphatic heterocycles. The average Bonchev–Trinajstić information content (AvgIpc) is 3.25. The molecule has 0 rings (SSSR count). The highest BCUT2D eigenvalue weighted by molar-refractivity contribution is 5.76. The number of aliphatic hydroxyl groups excluding tert-OH is 2. The first kappa shape index (κ1) is 58.9. The highest BCUT2D eigenvalue weighted by atomic mass is 16.5. The van der Waals surface area contributed by atoms with Crippen LogP contribution in [0.5, 0.6) is 0 Å². The summed E-state index contributed by atoms with van der Waals surface area (Å²) in [6.45, 7) is 4.94. The Hall–Kier alpha value is -1.14. The van der Waals surface area contributed by atoms with Gasteiger partial charge in [0.15, 0.2) is 0 Å². The lowest BCUT2D eigenvalue weighted by Crippen LogP contribution is -2.45. The van der Waals surface area contributed by atoms with Gasteiger partial charge in [-0.15, -0.1) is 0 Å². The van der Waals surface area contributed by atoms with E-state index in [0.717, 1.165) is 51.4 Å². The third-order valence-electron chi connectivity index (χ3n) is 12.9. The van der Waals surface area contributed by atoms with Gasteiger partial charge in [-0.2, -0.15) is 0 Å². The number of unbranched alkanes of at least 4 members (excludes halogenated alkanes) is 40. The van der Waals surface area contributed by atoms with Gasteiger partial charge in [-0.05, 0) is 25.7 Å². The van der Waals surface area contributed by atoms with Crippen LogP contribution in [0.4, 0.5) is 0 Å². The van der Waals surface area contributed by atoms with E-state index in [9.17, 15) is 19.8 Å². The highest BCUT2D eigenvalue weighted by Crippen LogP contribution is 2.17. The average molecular weight is 850 g/mol. The normalized spacial score (nSPS) is 12.5. The molecule has 0 fully saturated rings. The van der Waals surface area contributed by atoms with E-state index < -0.39 is 12.1 Å². The van der Waals surface area contributed by atoms with Crippen molar-refractivity contribution in [2.75, 3.05) is 13.2 Å². The lowest BCUT2D eigenvalue weighted by Gasteiger charge is -2.22. The minimum absolute atomic E-state index is 0.000468. The lowest BCUT2D eigenvalue weighted by atomic mass is 10.0. The topological polar surface area (TPSA) is 95.9 Å². The van der Waals surface area contributed by atoms with Crippen molar-refractivity contribution in [3.63, 3.8) is 0 Å². The fraction of sp³-hybridized carbons (Fsp3) is 0.963. The van der Waals surface area contributed by atoms with Crippen molar-refractivity contribution in [3.8, 4) is 0 Å². The van der Waals surface area contributed by atoms with Gasteiger partial charge in [-0.1, -0.05) is 271 Å². The maximum atomic E-state index is 12.4. The van der Waals surface area contributed by atoms with Gasteiger partial charge in [0.25, 0.3) is 0 Å². The molecular weight excluding hydrogens is 743 g/mol. The predicted molar refractivity (Wildman–Crippen MR) is 260 cm³/mol. The minimum atomic E-state index is -0.670. The molecule has 6 heteroatoms. The Balaban J connectivity index is 3.40. The second-order valence-corrected chi connectivity index (χ2v) is 18.9. The number of aliphatic hydroxyl groups is 2. The number of esters is 1. The van der Waals surface area contributed by atoms with Crippen LogP contribution in [0.25, 0.3) is 0 Å². The van der Waals surface area contributed by atoms with Crippen LogP contribution < -0.4 is 5.32 Å². The zero-order valence-electron chi connectivity index (χ0n) is 40.7. The number of amides is 1. The first-order valence-electron chi connectivity index (χ1n) is 27.3. The van der Waals surface area contributed by atoms with E-state index in [2.05, 4.69) is 19.2 Å². The Morgan fingerprint density at radius 3 is 1.02 bits per heavy atom. The van der Waals surface area contributed by atoms with Crippen LogP contribution in [0.3, 0.4) is 0 Å². The molecule has 0 radical (unpaired) electrons. The van der Waals surface area contributed by atoms with E-state index in [4.69, 9.17) is 4.74 Å². The molecule has 0 heterocycles. The van der Waals surface area contributed by atoms with Crippen molar-refractivity contribution >= 4 is 11.9 Å². The third kappa shape index (κ3) is 46.4. The molecule has 1 amide bonds. The summed E-state index contributed by atoms with van der Waals surface area (Å²) in [5.74, 6) is -0.0469. The molecule has 0 aliphatic rings. The Morgan fingerprint density at radius 2 is 0.683 bits per heavy atom. The summed E-state index contributed by atoms with van der Waals surface area (Å²) in [6.07, 6.45) is 56.5. The molecule has 60 heavy (non-hydrogen) atoms. The number of hydrogen-bond acceptors (Lipinski definition) is 5. The van der Waals surface area contributed by atoms with Gasteiger partial charge < -0.3 is 20.3 Å². The summed E-state index contributed by atoms with van der Waals surface area (Å²) >= 11 is 0. The van der Waals surface area contributed by atoms with Gasteiger partial charge in [0, 0.05) is 12.8 Å². The number of nitrogens with one attached hydrogen (secondary N) is 1. The SMILES string of the molecule is CCCCCCCCCCCCCCCCCCCCC(=O)OCCCCCCCCCCCCCCCC(=O)NC(CO)C(O)CCCCCCCCCCCCCC. The van der Waals surface area contributed by atoms with Crippen LogP contribution in [0.1, 0.15) is 309 Å². The molecule has 0 aromatic rings. The second kappa shape index (κ2) is 50.5. The van der Waals surface area contributed by atoms with Crippen molar-refractivity contribution in [1.29, 1.82) is 0 Å². The molecule has 0 aromatic heterocycles. The van der Waals surface area contributed by atoms with Crippen LogP contribution in [0.2, 0.25) is 0 Å². The molecule has 0 aliphatic carbocycles. The lowest BCUT2D eigenvalue weighted by molar-refractivity contribution is -0.143. The molecule has 358 valence electrons. The van der Waals surface area contributed by atoms with Crippen molar-refractivity contribution in [2.45, 2.75) is 321 Å². The number of rotatable bonds is 51. The van der Waals surface area contributed by atoms with Crippen LogP contribution in [0.15, 0.2) is 0 Å². The molecule has 0 saturated carbocycles. The van der Waals surface area contributed by atoms with Gasteiger partial charge >= 0.3 is 5.97 Å². The Morgan fingerprint density at radius 1 is 0.400 bits per heavy atom. The fourth-order valence-corrected chi connectivity index (χ4v) is 8.70. The summed E-state index contributed by atoms with van der Waals surface area (Å²) in [7, 11) is 0. The smallest absolute Gasteiger partial charge is 0.305 e. The number of hydrogen-bond donors (Lipinski definition) is 3. The quantitative estimate of drug-likeness (QED) is 0.0418. The Labute approximate surface area is 375 Å². The van der Waals surface area contributed by atoms with E-state index in [1.54, 1.807) is 0 Å².